The summed E-state index contributed by atoms with van der Waals surface area (Å²) in [7, 11) is 0. The van der Waals surface area contributed by atoms with Crippen molar-refractivity contribution in [2.24, 2.45) is 0 Å². The van der Waals surface area contributed by atoms with E-state index in [-0.39, 0.29) is 42.8 Å². The van der Waals surface area contributed by atoms with E-state index in [0.717, 1.165) is 43.4 Å². The topological polar surface area (TPSA) is 84.0 Å². The second kappa shape index (κ2) is 11.1. The molecule has 214 valence electrons. The first-order valence-corrected chi connectivity index (χ1v) is 13.9. The van der Waals surface area contributed by atoms with E-state index in [1.165, 1.54) is 16.5 Å². The third-order valence-electron chi connectivity index (χ3n) is 8.60. The molecule has 40 heavy (non-hydrogen) atoms. The molecule has 3 atom stereocenters. The number of hydrogen-bond donors (Lipinski definition) is 1. The number of pyridine rings is 1. The van der Waals surface area contributed by atoms with Crippen molar-refractivity contribution in [2.45, 2.75) is 62.6 Å². The van der Waals surface area contributed by atoms with Crippen LogP contribution in [0.2, 0.25) is 0 Å². The van der Waals surface area contributed by atoms with Gasteiger partial charge in [-0.1, -0.05) is 6.07 Å². The molecule has 2 aromatic rings. The van der Waals surface area contributed by atoms with E-state index in [9.17, 15) is 22.8 Å². The van der Waals surface area contributed by atoms with Crippen molar-refractivity contribution in [3.05, 3.63) is 64.5 Å². The van der Waals surface area contributed by atoms with Gasteiger partial charge in [-0.15, -0.1) is 0 Å². The van der Waals surface area contributed by atoms with Crippen LogP contribution < -0.4 is 5.32 Å². The van der Waals surface area contributed by atoms with Gasteiger partial charge in [-0.2, -0.15) is 13.2 Å². The van der Waals surface area contributed by atoms with Crippen molar-refractivity contribution in [1.82, 2.24) is 20.1 Å². The molecule has 3 aliphatic heterocycles. The van der Waals surface area contributed by atoms with E-state index >= 15 is 0 Å². The van der Waals surface area contributed by atoms with Crippen LogP contribution in [0, 0.1) is 0 Å². The van der Waals surface area contributed by atoms with Crippen molar-refractivity contribution >= 4 is 11.8 Å². The summed E-state index contributed by atoms with van der Waals surface area (Å²) in [5.74, 6) is -0.898. The molecular weight excluding hydrogens is 525 g/mol. The number of nitrogens with zero attached hydrogens (tertiary/aromatic N) is 3. The van der Waals surface area contributed by atoms with Gasteiger partial charge in [0.25, 0.3) is 5.91 Å². The van der Waals surface area contributed by atoms with Gasteiger partial charge in [-0.05, 0) is 61.4 Å². The van der Waals surface area contributed by atoms with Gasteiger partial charge in [-0.3, -0.25) is 19.5 Å². The quantitative estimate of drug-likeness (QED) is 0.587. The molecule has 2 amide bonds. The fourth-order valence-corrected chi connectivity index (χ4v) is 6.45. The lowest BCUT2D eigenvalue weighted by molar-refractivity contribution is -0.137. The summed E-state index contributed by atoms with van der Waals surface area (Å²) in [6.07, 6.45) is 2.79. The van der Waals surface area contributed by atoms with Crippen molar-refractivity contribution in [3.8, 4) is 0 Å². The van der Waals surface area contributed by atoms with Crippen LogP contribution in [0.3, 0.4) is 0 Å². The van der Waals surface area contributed by atoms with E-state index in [1.807, 2.05) is 12.3 Å². The monoisotopic (exact) mass is 558 g/mol. The number of carbonyl (C=O) groups is 2. The molecule has 11 heteroatoms. The smallest absolute Gasteiger partial charge is 0.381 e. The zero-order chi connectivity index (χ0) is 27.9. The molecule has 2 unspecified atom stereocenters. The number of aryl methyl sites for hydroxylation is 1. The van der Waals surface area contributed by atoms with Crippen molar-refractivity contribution in [1.29, 1.82) is 0 Å². The van der Waals surface area contributed by atoms with Crippen LogP contribution >= 0.6 is 0 Å². The van der Waals surface area contributed by atoms with Crippen LogP contribution in [0.4, 0.5) is 13.2 Å². The number of aromatic nitrogens is 1. The standard InChI is InChI=1S/C29H33F3N4O4/c30-29(31,32)20-3-1-19-6-10-35(28(38)22(19)13-20)17-27(37)34-24-15-36(21-7-11-39-12-8-21)16-26(24)40-25-4-2-18-5-9-33-14-23(18)25/h1,3,5,9,13-14,21,24-26H,2,4,6-8,10-12,15-17H2,(H,34,37)/t24?,25?,26-/m0/s1. The first-order chi connectivity index (χ1) is 19.3. The Morgan fingerprint density at radius 1 is 1.10 bits per heavy atom. The zero-order valence-electron chi connectivity index (χ0n) is 22.2. The first kappa shape index (κ1) is 27.2. The van der Waals surface area contributed by atoms with Gasteiger partial charge >= 0.3 is 6.18 Å². The molecule has 8 nitrogen and oxygen atoms in total. The zero-order valence-corrected chi connectivity index (χ0v) is 22.2. The highest BCUT2D eigenvalue weighted by Crippen LogP contribution is 2.36. The third kappa shape index (κ3) is 5.59. The molecule has 0 bridgehead atoms. The average molecular weight is 559 g/mol. The highest BCUT2D eigenvalue weighted by atomic mass is 19.4. The van der Waals surface area contributed by atoms with E-state index in [4.69, 9.17) is 9.47 Å². The van der Waals surface area contributed by atoms with Crippen LogP contribution in [-0.4, -0.2) is 84.2 Å². The van der Waals surface area contributed by atoms with E-state index in [0.29, 0.717) is 44.3 Å². The van der Waals surface area contributed by atoms with Gasteiger partial charge in [0.15, 0.2) is 0 Å². The Balaban J connectivity index is 1.14. The second-order valence-corrected chi connectivity index (χ2v) is 11.1. The average Bonchev–Trinajstić information content (AvgIpc) is 3.54. The minimum absolute atomic E-state index is 0.00940. The van der Waals surface area contributed by atoms with E-state index in [1.54, 1.807) is 6.20 Å². The van der Waals surface area contributed by atoms with Gasteiger partial charge in [0.1, 0.15) is 0 Å². The maximum atomic E-state index is 13.2. The minimum Gasteiger partial charge on any atom is -0.381 e. The highest BCUT2D eigenvalue weighted by Gasteiger charge is 2.41. The fourth-order valence-electron chi connectivity index (χ4n) is 6.45. The number of alkyl halides is 3. The predicted molar refractivity (Wildman–Crippen MR) is 139 cm³/mol. The number of benzene rings is 1. The number of nitrogens with one attached hydrogen (secondary N) is 1. The summed E-state index contributed by atoms with van der Waals surface area (Å²) in [5.41, 5.74) is 2.03. The van der Waals surface area contributed by atoms with Crippen molar-refractivity contribution in [2.75, 3.05) is 39.4 Å². The van der Waals surface area contributed by atoms with Gasteiger partial charge in [0, 0.05) is 62.4 Å². The van der Waals surface area contributed by atoms with Crippen molar-refractivity contribution in [3.63, 3.8) is 0 Å². The third-order valence-corrected chi connectivity index (χ3v) is 8.60. The second-order valence-electron chi connectivity index (χ2n) is 11.1. The number of likely N-dealkylation sites (tertiary alicyclic amines) is 1. The molecule has 1 aliphatic carbocycles. The normalized spacial score (nSPS) is 25.6. The minimum atomic E-state index is -4.54. The molecule has 6 rings (SSSR count). The number of ether oxygens (including phenoxy) is 2. The molecular formula is C29H33F3N4O4. The Labute approximate surface area is 230 Å². The Morgan fingerprint density at radius 2 is 1.93 bits per heavy atom. The number of amides is 2. The maximum absolute atomic E-state index is 13.2. The summed E-state index contributed by atoms with van der Waals surface area (Å²) >= 11 is 0. The summed E-state index contributed by atoms with van der Waals surface area (Å²) in [4.78, 5) is 34.3. The molecule has 1 aromatic heterocycles. The van der Waals surface area contributed by atoms with Crippen LogP contribution in [-0.2, 0) is 33.3 Å². The number of fused-ring (bicyclic) bond motifs is 2. The summed E-state index contributed by atoms with van der Waals surface area (Å²) in [6, 6.07) is 5.34. The Hall–Kier alpha value is -3.02. The molecule has 2 saturated heterocycles. The van der Waals surface area contributed by atoms with E-state index < -0.39 is 17.6 Å². The summed E-state index contributed by atoms with van der Waals surface area (Å²) in [5, 5.41) is 3.10. The predicted octanol–water partition coefficient (Wildman–Crippen LogP) is 3.15. The Morgan fingerprint density at radius 3 is 2.73 bits per heavy atom. The number of rotatable bonds is 6. The number of carbonyl (C=O) groups excluding carboxylic acids is 2. The molecule has 0 spiro atoms. The van der Waals surface area contributed by atoms with Crippen LogP contribution in [0.5, 0.6) is 0 Å². The number of hydrogen-bond acceptors (Lipinski definition) is 6. The lowest BCUT2D eigenvalue weighted by Crippen LogP contribution is -2.50. The molecule has 4 aliphatic rings. The molecule has 0 saturated carbocycles. The summed E-state index contributed by atoms with van der Waals surface area (Å²) < 4.78 is 51.9. The van der Waals surface area contributed by atoms with Crippen LogP contribution in [0.1, 0.15) is 58.0 Å². The SMILES string of the molecule is O=C(CN1CCc2ccc(C(F)(F)F)cc2C1=O)NC1CN(C2CCOCC2)C[C@@H]1OC1CCc2ccncc21. The Bertz CT molecular complexity index is 1270. The fraction of sp³-hybridized carbons (Fsp3) is 0.552. The first-order valence-electron chi connectivity index (χ1n) is 13.9. The van der Waals surface area contributed by atoms with E-state index in [2.05, 4.69) is 15.2 Å². The van der Waals surface area contributed by atoms with Gasteiger partial charge in [-0.25, -0.2) is 0 Å². The molecule has 4 heterocycles. The lowest BCUT2D eigenvalue weighted by atomic mass is 9.96. The molecule has 1 aromatic carbocycles. The Kier molecular flexibility index (Phi) is 7.54. The van der Waals surface area contributed by atoms with Gasteiger partial charge in [0.2, 0.25) is 5.91 Å². The van der Waals surface area contributed by atoms with Crippen LogP contribution in [0.25, 0.3) is 0 Å². The van der Waals surface area contributed by atoms with Crippen molar-refractivity contribution < 1.29 is 32.2 Å². The highest BCUT2D eigenvalue weighted by molar-refractivity contribution is 5.99. The number of halogens is 3. The summed E-state index contributed by atoms with van der Waals surface area (Å²) in [6.45, 7) is 2.78. The maximum Gasteiger partial charge on any atom is 0.416 e. The molecule has 2 fully saturated rings. The van der Waals surface area contributed by atoms with Crippen LogP contribution in [0.15, 0.2) is 36.7 Å². The van der Waals surface area contributed by atoms with Gasteiger partial charge in [0.05, 0.1) is 30.4 Å². The van der Waals surface area contributed by atoms with Gasteiger partial charge < -0.3 is 19.7 Å². The lowest BCUT2D eigenvalue weighted by Gasteiger charge is -2.31. The molecule has 0 radical (unpaired) electrons. The largest absolute Gasteiger partial charge is 0.416 e. The molecule has 1 N–H and O–H groups in total.